The van der Waals surface area contributed by atoms with Crippen molar-refractivity contribution in [1.29, 1.82) is 0 Å². The van der Waals surface area contributed by atoms with Gasteiger partial charge in [0.05, 0.1) is 11.0 Å². The fourth-order valence-electron chi connectivity index (χ4n) is 2.71. The summed E-state index contributed by atoms with van der Waals surface area (Å²) in [6.45, 7) is 2.01. The maximum absolute atomic E-state index is 12.7. The minimum absolute atomic E-state index is 0.0106. The fraction of sp³-hybridized carbons (Fsp3) is 0.190. The Kier molecular flexibility index (Phi) is 5.74. The standard InChI is InChI=1S/C21H20N2O5/c1-15(16-7-6-8-17(13-16)23(25)26)22(2)21(24)20-12-11-19(28-20)14-27-18-9-4-3-5-10-18/h3-13,15H,14H2,1-2H3/t15-/m1/s1. The van der Waals surface area contributed by atoms with E-state index in [1.807, 2.05) is 30.3 Å². The number of para-hydroxylation sites is 1. The van der Waals surface area contributed by atoms with Crippen molar-refractivity contribution in [3.63, 3.8) is 0 Å². The Labute approximate surface area is 162 Å². The lowest BCUT2D eigenvalue weighted by atomic mass is 10.1. The van der Waals surface area contributed by atoms with E-state index >= 15 is 0 Å². The molecule has 1 atom stereocenters. The highest BCUT2D eigenvalue weighted by atomic mass is 16.6. The molecule has 0 spiro atoms. The Morgan fingerprint density at radius 2 is 1.89 bits per heavy atom. The summed E-state index contributed by atoms with van der Waals surface area (Å²) in [5.41, 5.74) is 0.660. The van der Waals surface area contributed by atoms with Crippen LogP contribution in [-0.2, 0) is 6.61 Å². The van der Waals surface area contributed by atoms with Crippen LogP contribution < -0.4 is 4.74 Å². The second-order valence-electron chi connectivity index (χ2n) is 6.31. The number of non-ortho nitro benzene ring substituents is 1. The third-order valence-corrected chi connectivity index (χ3v) is 4.46. The van der Waals surface area contributed by atoms with Crippen LogP contribution in [-0.4, -0.2) is 22.8 Å². The Bertz CT molecular complexity index is 968. The summed E-state index contributed by atoms with van der Waals surface area (Å²) < 4.78 is 11.2. The van der Waals surface area contributed by atoms with Gasteiger partial charge in [-0.05, 0) is 36.8 Å². The highest BCUT2D eigenvalue weighted by Gasteiger charge is 2.23. The molecule has 0 fully saturated rings. The Morgan fingerprint density at radius 1 is 1.14 bits per heavy atom. The minimum atomic E-state index is -0.455. The van der Waals surface area contributed by atoms with Crippen molar-refractivity contribution in [3.8, 4) is 5.75 Å². The van der Waals surface area contributed by atoms with Crippen molar-refractivity contribution < 1.29 is 18.9 Å². The molecule has 1 amide bonds. The molecule has 0 unspecified atom stereocenters. The van der Waals surface area contributed by atoms with Gasteiger partial charge in [-0.3, -0.25) is 14.9 Å². The van der Waals surface area contributed by atoms with Crippen molar-refractivity contribution in [2.45, 2.75) is 19.6 Å². The number of nitro groups is 1. The molecule has 1 aromatic heterocycles. The average molecular weight is 380 g/mol. The van der Waals surface area contributed by atoms with Gasteiger partial charge in [0, 0.05) is 19.2 Å². The summed E-state index contributed by atoms with van der Waals surface area (Å²) in [7, 11) is 1.63. The molecule has 2 aromatic carbocycles. The number of nitro benzene ring substituents is 1. The molecule has 144 valence electrons. The molecule has 0 aliphatic carbocycles. The number of benzene rings is 2. The second kappa shape index (κ2) is 8.39. The van der Waals surface area contributed by atoms with Crippen molar-refractivity contribution in [2.75, 3.05) is 7.05 Å². The summed E-state index contributed by atoms with van der Waals surface area (Å²) >= 11 is 0. The number of rotatable bonds is 7. The van der Waals surface area contributed by atoms with Gasteiger partial charge in [0.1, 0.15) is 18.1 Å². The normalized spacial score (nSPS) is 11.6. The SMILES string of the molecule is C[C@H](c1cccc([N+](=O)[O-])c1)N(C)C(=O)c1ccc(COc2ccccc2)o1. The molecule has 0 bridgehead atoms. The Hall–Kier alpha value is -3.61. The van der Waals surface area contributed by atoms with Gasteiger partial charge in [-0.1, -0.05) is 30.3 Å². The van der Waals surface area contributed by atoms with Gasteiger partial charge in [-0.2, -0.15) is 0 Å². The average Bonchev–Trinajstić information content (AvgIpc) is 3.20. The topological polar surface area (TPSA) is 85.8 Å². The van der Waals surface area contributed by atoms with Gasteiger partial charge >= 0.3 is 0 Å². The van der Waals surface area contributed by atoms with Crippen LogP contribution >= 0.6 is 0 Å². The molecule has 7 nitrogen and oxygen atoms in total. The van der Waals surface area contributed by atoms with E-state index in [9.17, 15) is 14.9 Å². The Morgan fingerprint density at radius 3 is 2.61 bits per heavy atom. The van der Waals surface area contributed by atoms with Crippen molar-refractivity contribution in [1.82, 2.24) is 4.90 Å². The summed E-state index contributed by atoms with van der Waals surface area (Å²) in [5, 5.41) is 11.0. The first-order valence-electron chi connectivity index (χ1n) is 8.74. The number of nitrogens with zero attached hydrogens (tertiary/aromatic N) is 2. The van der Waals surface area contributed by atoms with E-state index in [0.29, 0.717) is 17.1 Å². The lowest BCUT2D eigenvalue weighted by Gasteiger charge is -2.24. The molecule has 7 heteroatoms. The molecule has 0 aliphatic heterocycles. The lowest BCUT2D eigenvalue weighted by Crippen LogP contribution is -2.29. The summed E-state index contributed by atoms with van der Waals surface area (Å²) in [6, 6.07) is 18.5. The van der Waals surface area contributed by atoms with Gasteiger partial charge < -0.3 is 14.1 Å². The number of ether oxygens (including phenoxy) is 1. The van der Waals surface area contributed by atoms with E-state index in [2.05, 4.69) is 0 Å². The van der Waals surface area contributed by atoms with Crippen LogP contribution in [0.25, 0.3) is 0 Å². The molecule has 0 radical (unpaired) electrons. The molecule has 3 rings (SSSR count). The predicted octanol–water partition coefficient (Wildman–Crippen LogP) is 4.60. The van der Waals surface area contributed by atoms with E-state index in [4.69, 9.17) is 9.15 Å². The van der Waals surface area contributed by atoms with Gasteiger partial charge in [-0.25, -0.2) is 0 Å². The van der Waals surface area contributed by atoms with Crippen molar-refractivity contribution in [3.05, 3.63) is 93.9 Å². The third kappa shape index (κ3) is 4.37. The number of carbonyl (C=O) groups excluding carboxylic acids is 1. The van der Waals surface area contributed by atoms with Gasteiger partial charge in [0.15, 0.2) is 5.76 Å². The van der Waals surface area contributed by atoms with Crippen LogP contribution in [0.5, 0.6) is 5.75 Å². The highest BCUT2D eigenvalue weighted by Crippen LogP contribution is 2.25. The van der Waals surface area contributed by atoms with Crippen LogP contribution in [0, 0.1) is 10.1 Å². The highest BCUT2D eigenvalue weighted by molar-refractivity contribution is 5.91. The van der Waals surface area contributed by atoms with E-state index < -0.39 is 4.92 Å². The molecular formula is C21H20N2O5. The van der Waals surface area contributed by atoms with Crippen LogP contribution in [0.1, 0.15) is 34.8 Å². The first-order valence-corrected chi connectivity index (χ1v) is 8.74. The molecule has 1 heterocycles. The fourth-order valence-corrected chi connectivity index (χ4v) is 2.71. The van der Waals surface area contributed by atoms with E-state index in [-0.39, 0.29) is 30.0 Å². The van der Waals surface area contributed by atoms with E-state index in [0.717, 1.165) is 0 Å². The van der Waals surface area contributed by atoms with Crippen molar-refractivity contribution >= 4 is 11.6 Å². The maximum atomic E-state index is 12.7. The zero-order valence-electron chi connectivity index (χ0n) is 15.6. The molecular weight excluding hydrogens is 360 g/mol. The molecule has 0 saturated heterocycles. The number of furan rings is 1. The van der Waals surface area contributed by atoms with Crippen molar-refractivity contribution in [2.24, 2.45) is 0 Å². The minimum Gasteiger partial charge on any atom is -0.486 e. The lowest BCUT2D eigenvalue weighted by molar-refractivity contribution is -0.384. The zero-order chi connectivity index (χ0) is 20.1. The second-order valence-corrected chi connectivity index (χ2v) is 6.31. The van der Waals surface area contributed by atoms with Crippen LogP contribution in [0.2, 0.25) is 0 Å². The predicted molar refractivity (Wildman–Crippen MR) is 103 cm³/mol. The first-order chi connectivity index (χ1) is 13.5. The van der Waals surface area contributed by atoms with E-state index in [1.165, 1.54) is 17.0 Å². The number of carbonyl (C=O) groups is 1. The quantitative estimate of drug-likeness (QED) is 0.442. The van der Waals surface area contributed by atoms with Crippen LogP contribution in [0.3, 0.4) is 0 Å². The number of hydrogen-bond acceptors (Lipinski definition) is 5. The summed E-state index contributed by atoms with van der Waals surface area (Å²) in [5.74, 6) is 1.11. The molecule has 3 aromatic rings. The monoisotopic (exact) mass is 380 g/mol. The molecule has 0 N–H and O–H groups in total. The zero-order valence-corrected chi connectivity index (χ0v) is 15.6. The largest absolute Gasteiger partial charge is 0.486 e. The smallest absolute Gasteiger partial charge is 0.289 e. The molecule has 0 saturated carbocycles. The first kappa shape index (κ1) is 19.2. The molecule has 0 aliphatic rings. The van der Waals surface area contributed by atoms with Gasteiger partial charge in [-0.15, -0.1) is 0 Å². The summed E-state index contributed by atoms with van der Waals surface area (Å²) in [4.78, 5) is 24.7. The molecule has 28 heavy (non-hydrogen) atoms. The third-order valence-electron chi connectivity index (χ3n) is 4.46. The van der Waals surface area contributed by atoms with Crippen LogP contribution in [0.4, 0.5) is 5.69 Å². The maximum Gasteiger partial charge on any atom is 0.289 e. The van der Waals surface area contributed by atoms with Gasteiger partial charge in [0.25, 0.3) is 11.6 Å². The summed E-state index contributed by atoms with van der Waals surface area (Å²) in [6.07, 6.45) is 0. The van der Waals surface area contributed by atoms with Gasteiger partial charge in [0.2, 0.25) is 0 Å². The number of amides is 1. The number of hydrogen-bond donors (Lipinski definition) is 0. The Balaban J connectivity index is 1.67. The van der Waals surface area contributed by atoms with E-state index in [1.54, 1.807) is 38.2 Å². The van der Waals surface area contributed by atoms with Crippen LogP contribution in [0.15, 0.2) is 71.1 Å².